The molecule has 1 saturated heterocycles. The third-order valence-corrected chi connectivity index (χ3v) is 6.13. The van der Waals surface area contributed by atoms with Crippen molar-refractivity contribution in [3.8, 4) is 0 Å². The second kappa shape index (κ2) is 8.13. The molecule has 7 heteroatoms. The fraction of sp³-hybridized carbons (Fsp3) is 0.562. The Morgan fingerprint density at radius 1 is 1.26 bits per heavy atom. The highest BCUT2D eigenvalue weighted by Crippen LogP contribution is 2.21. The van der Waals surface area contributed by atoms with E-state index >= 15 is 0 Å². The second-order valence-electron chi connectivity index (χ2n) is 5.93. The maximum Gasteiger partial charge on any atom is 0.238 e. The molecule has 0 aliphatic carbocycles. The lowest BCUT2D eigenvalue weighted by atomic mass is 9.93. The molecule has 1 aromatic rings. The van der Waals surface area contributed by atoms with E-state index < -0.39 is 15.6 Å². The summed E-state index contributed by atoms with van der Waals surface area (Å²) in [6.45, 7) is 2.26. The van der Waals surface area contributed by atoms with Gasteiger partial charge in [-0.15, -0.1) is 0 Å². The molecule has 0 spiro atoms. The average molecular weight is 359 g/mol. The molecule has 1 aliphatic heterocycles. The molecule has 1 aliphatic rings. The summed E-state index contributed by atoms with van der Waals surface area (Å²) in [4.78, 5) is 14.1. The van der Waals surface area contributed by atoms with Crippen LogP contribution in [0.3, 0.4) is 0 Å². The number of rotatable bonds is 6. The summed E-state index contributed by atoms with van der Waals surface area (Å²) in [5, 5.41) is 3.60. The van der Waals surface area contributed by atoms with Gasteiger partial charge in [-0.05, 0) is 63.0 Å². The molecule has 128 valence electrons. The molecule has 0 radical (unpaired) electrons. The molecule has 2 rings (SSSR count). The van der Waals surface area contributed by atoms with Crippen molar-refractivity contribution in [1.29, 1.82) is 0 Å². The topological polar surface area (TPSA) is 66.5 Å². The van der Waals surface area contributed by atoms with E-state index in [2.05, 4.69) is 5.32 Å². The predicted octanol–water partition coefficient (Wildman–Crippen LogP) is 1.96. The third kappa shape index (κ3) is 5.19. The molecule has 0 atom stereocenters. The van der Waals surface area contributed by atoms with Crippen molar-refractivity contribution in [2.45, 2.75) is 24.2 Å². The van der Waals surface area contributed by atoms with Crippen LogP contribution in [0.2, 0.25) is 5.02 Å². The second-order valence-corrected chi connectivity index (χ2v) is 8.36. The number of nitrogens with zero attached hydrogens (tertiary/aromatic N) is 1. The summed E-state index contributed by atoms with van der Waals surface area (Å²) >= 11 is 5.76. The van der Waals surface area contributed by atoms with Crippen LogP contribution in [0.5, 0.6) is 0 Å². The fourth-order valence-corrected chi connectivity index (χ4v) is 4.15. The van der Waals surface area contributed by atoms with E-state index in [4.69, 9.17) is 11.6 Å². The van der Waals surface area contributed by atoms with Gasteiger partial charge in [-0.25, -0.2) is 8.42 Å². The molecule has 1 heterocycles. The Morgan fingerprint density at radius 3 is 2.43 bits per heavy atom. The number of piperidine rings is 1. The molecule has 1 aromatic carbocycles. The minimum Gasteiger partial charge on any atom is -0.342 e. The molecule has 1 fully saturated rings. The Bertz CT molecular complexity index is 623. The fourth-order valence-electron chi connectivity index (χ4n) is 2.80. The zero-order chi connectivity index (χ0) is 16.9. The first-order valence-electron chi connectivity index (χ1n) is 7.83. The molecule has 0 unspecified atom stereocenters. The number of halogens is 1. The largest absolute Gasteiger partial charge is 0.342 e. The molecule has 23 heavy (non-hydrogen) atoms. The van der Waals surface area contributed by atoms with Gasteiger partial charge in [-0.3, -0.25) is 4.79 Å². The van der Waals surface area contributed by atoms with Gasteiger partial charge in [0.1, 0.15) is 5.75 Å². The number of carbonyl (C=O) groups excluding carboxylic acids is 1. The number of nitrogens with one attached hydrogen (secondary N) is 1. The van der Waals surface area contributed by atoms with Crippen LogP contribution in [0.15, 0.2) is 29.2 Å². The van der Waals surface area contributed by atoms with E-state index in [1.807, 2.05) is 7.05 Å². The Labute approximate surface area is 142 Å². The van der Waals surface area contributed by atoms with Gasteiger partial charge in [0.15, 0.2) is 9.84 Å². The quantitative estimate of drug-likeness (QED) is 0.844. The number of hydrogen-bond donors (Lipinski definition) is 1. The summed E-state index contributed by atoms with van der Waals surface area (Å²) in [7, 11) is -1.68. The number of sulfone groups is 1. The van der Waals surface area contributed by atoms with Crippen LogP contribution < -0.4 is 5.32 Å². The van der Waals surface area contributed by atoms with Crippen molar-refractivity contribution in [3.05, 3.63) is 29.3 Å². The molecule has 0 aromatic heterocycles. The van der Waals surface area contributed by atoms with Gasteiger partial charge < -0.3 is 10.2 Å². The molecule has 0 saturated carbocycles. The summed E-state index contributed by atoms with van der Waals surface area (Å²) in [5.74, 6) is -0.179. The highest BCUT2D eigenvalue weighted by molar-refractivity contribution is 7.92. The van der Waals surface area contributed by atoms with Crippen molar-refractivity contribution in [2.75, 3.05) is 32.4 Å². The Morgan fingerprint density at radius 2 is 1.87 bits per heavy atom. The first-order valence-corrected chi connectivity index (χ1v) is 9.86. The van der Waals surface area contributed by atoms with Crippen LogP contribution >= 0.6 is 11.6 Å². The highest BCUT2D eigenvalue weighted by atomic mass is 35.5. The van der Waals surface area contributed by atoms with Gasteiger partial charge in [0.25, 0.3) is 0 Å². The van der Waals surface area contributed by atoms with Gasteiger partial charge in [0, 0.05) is 18.1 Å². The summed E-state index contributed by atoms with van der Waals surface area (Å²) in [5.41, 5.74) is 0. The first-order chi connectivity index (χ1) is 10.9. The minimum absolute atomic E-state index is 0.138. The van der Waals surface area contributed by atoms with E-state index in [0.29, 0.717) is 24.0 Å². The SMILES string of the molecule is CNCCC1CCN(C(=O)CS(=O)(=O)c2ccc(Cl)cc2)CC1. The van der Waals surface area contributed by atoms with E-state index in [9.17, 15) is 13.2 Å². The normalized spacial score (nSPS) is 16.5. The van der Waals surface area contributed by atoms with Gasteiger partial charge in [0.2, 0.25) is 5.91 Å². The van der Waals surface area contributed by atoms with Gasteiger partial charge in [0.05, 0.1) is 4.90 Å². The van der Waals surface area contributed by atoms with Gasteiger partial charge in [-0.2, -0.15) is 0 Å². The van der Waals surface area contributed by atoms with Crippen molar-refractivity contribution < 1.29 is 13.2 Å². The molecule has 1 N–H and O–H groups in total. The number of carbonyl (C=O) groups is 1. The molecule has 1 amide bonds. The predicted molar refractivity (Wildman–Crippen MR) is 91.4 cm³/mol. The molecule has 5 nitrogen and oxygen atoms in total. The molecular weight excluding hydrogens is 336 g/mol. The summed E-state index contributed by atoms with van der Waals surface area (Å²) < 4.78 is 24.6. The maximum atomic E-state index is 12.3. The van der Waals surface area contributed by atoms with Gasteiger partial charge in [-0.1, -0.05) is 11.6 Å². The van der Waals surface area contributed by atoms with Crippen LogP contribution in [0.1, 0.15) is 19.3 Å². The standard InChI is InChI=1S/C16H23ClN2O3S/c1-18-9-6-13-7-10-19(11-8-13)16(20)12-23(21,22)15-4-2-14(17)3-5-15/h2-5,13,18H,6-12H2,1H3. The lowest BCUT2D eigenvalue weighted by molar-refractivity contribution is -0.129. The van der Waals surface area contributed by atoms with Crippen molar-refractivity contribution in [3.63, 3.8) is 0 Å². The Balaban J connectivity index is 1.90. The third-order valence-electron chi connectivity index (χ3n) is 4.26. The zero-order valence-corrected chi connectivity index (χ0v) is 14.9. The van der Waals surface area contributed by atoms with E-state index in [-0.39, 0.29) is 10.8 Å². The van der Waals surface area contributed by atoms with Crippen molar-refractivity contribution in [1.82, 2.24) is 10.2 Å². The maximum absolute atomic E-state index is 12.3. The molecule has 0 bridgehead atoms. The smallest absolute Gasteiger partial charge is 0.238 e. The number of amides is 1. The first kappa shape index (κ1) is 18.2. The number of likely N-dealkylation sites (tertiary alicyclic amines) is 1. The lowest BCUT2D eigenvalue weighted by Crippen LogP contribution is -2.41. The Kier molecular flexibility index (Phi) is 6.44. The van der Waals surface area contributed by atoms with Crippen LogP contribution in [0.4, 0.5) is 0 Å². The average Bonchev–Trinajstić information content (AvgIpc) is 2.53. The van der Waals surface area contributed by atoms with E-state index in [1.165, 1.54) is 24.3 Å². The van der Waals surface area contributed by atoms with Gasteiger partial charge >= 0.3 is 0 Å². The molecular formula is C16H23ClN2O3S. The summed E-state index contributed by atoms with van der Waals surface area (Å²) in [6.07, 6.45) is 2.98. The van der Waals surface area contributed by atoms with E-state index in [1.54, 1.807) is 4.90 Å². The van der Waals surface area contributed by atoms with Crippen molar-refractivity contribution >= 4 is 27.3 Å². The van der Waals surface area contributed by atoms with Crippen LogP contribution in [-0.2, 0) is 14.6 Å². The van der Waals surface area contributed by atoms with Crippen molar-refractivity contribution in [2.24, 2.45) is 5.92 Å². The lowest BCUT2D eigenvalue weighted by Gasteiger charge is -2.32. The van der Waals surface area contributed by atoms with E-state index in [0.717, 1.165) is 25.8 Å². The number of benzene rings is 1. The van der Waals surface area contributed by atoms with Crippen LogP contribution in [0, 0.1) is 5.92 Å². The minimum atomic E-state index is -3.61. The monoisotopic (exact) mass is 358 g/mol. The summed E-state index contributed by atoms with van der Waals surface area (Å²) in [6, 6.07) is 5.92. The Hall–Kier alpha value is -1.11. The van der Waals surface area contributed by atoms with Crippen LogP contribution in [-0.4, -0.2) is 51.7 Å². The number of hydrogen-bond acceptors (Lipinski definition) is 4. The zero-order valence-electron chi connectivity index (χ0n) is 13.3. The van der Waals surface area contributed by atoms with Crippen LogP contribution in [0.25, 0.3) is 0 Å². The highest BCUT2D eigenvalue weighted by Gasteiger charge is 2.27.